The highest BCUT2D eigenvalue weighted by molar-refractivity contribution is 6.36. The number of allylic oxidation sites excluding steroid dienone is 4. The Morgan fingerprint density at radius 1 is 1.31 bits per heavy atom. The van der Waals surface area contributed by atoms with Gasteiger partial charge in [-0.1, -0.05) is 41.9 Å². The van der Waals surface area contributed by atoms with Crippen molar-refractivity contribution in [2.75, 3.05) is 19.7 Å². The molecule has 1 aliphatic carbocycles. The lowest BCUT2D eigenvalue weighted by Crippen LogP contribution is -2.40. The standard InChI is InChI=1S/C27H28Cl2FN3O3/c1-16-3-4-18(19-7-10-33(14-19)20-8-11-32(12-9-20)24(35)15-34)13-23(27(16)31)36-17(2)25-21(28)5-6-22(30)26(25)29/h3-7,10,13-14,17-18,20,31,34H,1,8-9,11-12,15H2,2H3. The maximum Gasteiger partial charge on any atom is 0.248 e. The fourth-order valence-corrected chi connectivity index (χ4v) is 5.28. The lowest BCUT2D eigenvalue weighted by Gasteiger charge is -2.32. The Morgan fingerprint density at radius 3 is 2.72 bits per heavy atom. The second kappa shape index (κ2) is 11.0. The van der Waals surface area contributed by atoms with E-state index in [4.69, 9.17) is 38.5 Å². The molecular weight excluding hydrogens is 504 g/mol. The summed E-state index contributed by atoms with van der Waals surface area (Å²) < 4.78 is 22.3. The van der Waals surface area contributed by atoms with Gasteiger partial charge in [0.1, 0.15) is 30.0 Å². The third-order valence-electron chi connectivity index (χ3n) is 6.69. The summed E-state index contributed by atoms with van der Waals surface area (Å²) >= 11 is 12.4. The highest BCUT2D eigenvalue weighted by Gasteiger charge is 2.26. The normalized spacial score (nSPS) is 19.8. The van der Waals surface area contributed by atoms with Crippen molar-refractivity contribution in [3.8, 4) is 0 Å². The first kappa shape index (κ1) is 26.2. The Hall–Kier alpha value is -2.87. The summed E-state index contributed by atoms with van der Waals surface area (Å²) in [6, 6.07) is 4.91. The fourth-order valence-electron chi connectivity index (χ4n) is 4.60. The summed E-state index contributed by atoms with van der Waals surface area (Å²) in [6.07, 6.45) is 10.6. The number of hydrogen-bond donors (Lipinski definition) is 2. The van der Waals surface area contributed by atoms with Crippen molar-refractivity contribution in [3.05, 3.63) is 93.7 Å². The first-order valence-corrected chi connectivity index (χ1v) is 12.5. The summed E-state index contributed by atoms with van der Waals surface area (Å²) in [5, 5.41) is 17.8. The van der Waals surface area contributed by atoms with Crippen molar-refractivity contribution in [1.82, 2.24) is 9.47 Å². The minimum Gasteiger partial charge on any atom is -0.484 e. The molecule has 1 fully saturated rings. The number of carbonyl (C=O) groups excluding carboxylic acids is 1. The number of halogens is 3. The predicted molar refractivity (Wildman–Crippen MR) is 139 cm³/mol. The van der Waals surface area contributed by atoms with Crippen molar-refractivity contribution in [1.29, 1.82) is 5.41 Å². The number of likely N-dealkylation sites (tertiary alicyclic amines) is 1. The number of ether oxygens (including phenoxy) is 1. The summed E-state index contributed by atoms with van der Waals surface area (Å²) in [6.45, 7) is 6.44. The van der Waals surface area contributed by atoms with E-state index in [9.17, 15) is 9.18 Å². The molecule has 0 bridgehead atoms. The molecule has 2 atom stereocenters. The Balaban J connectivity index is 1.54. The van der Waals surface area contributed by atoms with Crippen LogP contribution in [0.3, 0.4) is 0 Å². The molecule has 2 aliphatic rings. The van der Waals surface area contributed by atoms with Gasteiger partial charge in [-0.25, -0.2) is 4.39 Å². The molecule has 2 heterocycles. The van der Waals surface area contributed by atoms with Gasteiger partial charge in [-0.2, -0.15) is 0 Å². The van der Waals surface area contributed by atoms with E-state index in [0.29, 0.717) is 30.0 Å². The molecule has 1 aromatic heterocycles. The summed E-state index contributed by atoms with van der Waals surface area (Å²) in [4.78, 5) is 13.4. The molecule has 0 saturated carbocycles. The molecule has 2 N–H and O–H groups in total. The highest BCUT2D eigenvalue weighted by atomic mass is 35.5. The molecule has 0 spiro atoms. The van der Waals surface area contributed by atoms with Crippen LogP contribution < -0.4 is 0 Å². The number of carbonyl (C=O) groups is 1. The number of benzene rings is 1. The SMILES string of the molecule is C=C1C=CC(c2ccn(C3CCN(C(=O)CO)CC3)c2)C=C(OC(C)c2c(Cl)ccc(F)c2Cl)C1=N. The number of piperidine rings is 1. The van der Waals surface area contributed by atoms with Gasteiger partial charge in [0.25, 0.3) is 0 Å². The number of aliphatic hydroxyl groups excluding tert-OH is 1. The van der Waals surface area contributed by atoms with Crippen LogP contribution in [-0.2, 0) is 9.53 Å². The predicted octanol–water partition coefficient (Wildman–Crippen LogP) is 5.98. The van der Waals surface area contributed by atoms with Crippen molar-refractivity contribution < 1.29 is 19.0 Å². The average Bonchev–Trinajstić information content (AvgIpc) is 3.32. The van der Waals surface area contributed by atoms with E-state index in [1.807, 2.05) is 24.4 Å². The molecule has 0 radical (unpaired) electrons. The number of amides is 1. The first-order valence-electron chi connectivity index (χ1n) is 11.7. The van der Waals surface area contributed by atoms with Crippen molar-refractivity contribution in [2.24, 2.45) is 0 Å². The van der Waals surface area contributed by atoms with Gasteiger partial charge < -0.3 is 19.3 Å². The van der Waals surface area contributed by atoms with Gasteiger partial charge in [0, 0.05) is 48.0 Å². The van der Waals surface area contributed by atoms with E-state index in [-0.39, 0.29) is 33.6 Å². The first-order chi connectivity index (χ1) is 17.2. The Morgan fingerprint density at radius 2 is 2.03 bits per heavy atom. The van der Waals surface area contributed by atoms with Gasteiger partial charge in [0.2, 0.25) is 5.91 Å². The quantitative estimate of drug-likeness (QED) is 0.450. The highest BCUT2D eigenvalue weighted by Crippen LogP contribution is 2.37. The zero-order chi connectivity index (χ0) is 26.0. The number of hydrogen-bond acceptors (Lipinski definition) is 4. The van der Waals surface area contributed by atoms with Gasteiger partial charge in [0.15, 0.2) is 0 Å². The van der Waals surface area contributed by atoms with Crippen LogP contribution in [0.25, 0.3) is 0 Å². The maximum absolute atomic E-state index is 14.1. The van der Waals surface area contributed by atoms with Gasteiger partial charge in [-0.15, -0.1) is 0 Å². The van der Waals surface area contributed by atoms with Crippen LogP contribution in [0.2, 0.25) is 10.0 Å². The van der Waals surface area contributed by atoms with Crippen LogP contribution in [0.1, 0.15) is 49.0 Å². The third-order valence-corrected chi connectivity index (χ3v) is 7.40. The number of nitrogens with zero attached hydrogens (tertiary/aromatic N) is 2. The van der Waals surface area contributed by atoms with E-state index in [1.54, 1.807) is 17.9 Å². The van der Waals surface area contributed by atoms with Crippen LogP contribution in [0.4, 0.5) is 4.39 Å². The van der Waals surface area contributed by atoms with E-state index >= 15 is 0 Å². The van der Waals surface area contributed by atoms with Gasteiger partial charge >= 0.3 is 0 Å². The van der Waals surface area contributed by atoms with Crippen molar-refractivity contribution >= 4 is 34.8 Å². The topological polar surface area (TPSA) is 78.6 Å². The fraction of sp³-hybridized carbons (Fsp3) is 0.333. The molecule has 2 unspecified atom stereocenters. The molecule has 1 amide bonds. The summed E-state index contributed by atoms with van der Waals surface area (Å²) in [5.41, 5.74) is 1.96. The average molecular weight is 532 g/mol. The Labute approximate surface area is 219 Å². The molecule has 9 heteroatoms. The minimum atomic E-state index is -0.699. The smallest absolute Gasteiger partial charge is 0.248 e. The van der Waals surface area contributed by atoms with Gasteiger partial charge in [-0.05, 0) is 55.2 Å². The van der Waals surface area contributed by atoms with Crippen LogP contribution in [0, 0.1) is 11.2 Å². The van der Waals surface area contributed by atoms with E-state index in [0.717, 1.165) is 18.4 Å². The summed E-state index contributed by atoms with van der Waals surface area (Å²) in [5.74, 6) is -0.695. The van der Waals surface area contributed by atoms with Crippen molar-refractivity contribution in [2.45, 2.75) is 37.8 Å². The molecule has 190 valence electrons. The maximum atomic E-state index is 14.1. The van der Waals surface area contributed by atoms with Crippen LogP contribution >= 0.6 is 23.2 Å². The number of aromatic nitrogens is 1. The molecule has 4 rings (SSSR count). The lowest BCUT2D eigenvalue weighted by atomic mass is 10.0. The Kier molecular flexibility index (Phi) is 8.03. The van der Waals surface area contributed by atoms with Gasteiger partial charge in [0.05, 0.1) is 5.02 Å². The zero-order valence-corrected chi connectivity index (χ0v) is 21.4. The third kappa shape index (κ3) is 5.43. The van der Waals surface area contributed by atoms with Crippen LogP contribution in [0.15, 0.2) is 66.7 Å². The zero-order valence-electron chi connectivity index (χ0n) is 19.9. The van der Waals surface area contributed by atoms with Crippen LogP contribution in [0.5, 0.6) is 0 Å². The van der Waals surface area contributed by atoms with E-state index in [1.165, 1.54) is 12.1 Å². The van der Waals surface area contributed by atoms with E-state index in [2.05, 4.69) is 17.3 Å². The largest absolute Gasteiger partial charge is 0.484 e. The number of aliphatic hydroxyl groups is 1. The second-order valence-corrected chi connectivity index (χ2v) is 9.78. The van der Waals surface area contributed by atoms with Crippen molar-refractivity contribution in [3.63, 3.8) is 0 Å². The number of nitrogens with one attached hydrogen (secondary N) is 1. The number of rotatable bonds is 6. The van der Waals surface area contributed by atoms with E-state index < -0.39 is 18.5 Å². The second-order valence-electron chi connectivity index (χ2n) is 9.00. The minimum absolute atomic E-state index is 0.104. The van der Waals surface area contributed by atoms with Gasteiger partial charge in [-0.3, -0.25) is 10.2 Å². The molecule has 1 aliphatic heterocycles. The Bertz CT molecular complexity index is 1240. The lowest BCUT2D eigenvalue weighted by molar-refractivity contribution is -0.135. The molecular formula is C27H28Cl2FN3O3. The molecule has 6 nitrogen and oxygen atoms in total. The monoisotopic (exact) mass is 531 g/mol. The van der Waals surface area contributed by atoms with Crippen LogP contribution in [-0.4, -0.2) is 45.9 Å². The molecule has 1 aromatic carbocycles. The molecule has 36 heavy (non-hydrogen) atoms. The summed E-state index contributed by atoms with van der Waals surface area (Å²) in [7, 11) is 0. The molecule has 1 saturated heterocycles. The molecule has 2 aromatic rings.